The number of fused-ring (bicyclic) bond motifs is 12. The van der Waals surface area contributed by atoms with Gasteiger partial charge in [0.1, 0.15) is 22.3 Å². The Morgan fingerprint density at radius 2 is 0.827 bits per heavy atom. The minimum Gasteiger partial charge on any atom is -0.456 e. The van der Waals surface area contributed by atoms with E-state index < -0.39 is 0 Å². The molecule has 52 heavy (non-hydrogen) atoms. The molecule has 0 spiro atoms. The lowest BCUT2D eigenvalue weighted by Crippen LogP contribution is -1.94. The maximum atomic E-state index is 6.30. The van der Waals surface area contributed by atoms with E-state index in [0.717, 1.165) is 55.3 Å². The van der Waals surface area contributed by atoms with Gasteiger partial charge < -0.3 is 18.0 Å². The number of hydrogen-bond acceptors (Lipinski definition) is 2. The van der Waals surface area contributed by atoms with Crippen LogP contribution in [0.15, 0.2) is 179 Å². The summed E-state index contributed by atoms with van der Waals surface area (Å²) in [6, 6.07) is 60.7. The Hall–Kier alpha value is -7.04. The van der Waals surface area contributed by atoms with Crippen molar-refractivity contribution in [2.75, 3.05) is 0 Å². The minimum absolute atomic E-state index is 0.894. The van der Waals surface area contributed by atoms with Gasteiger partial charge in [0.2, 0.25) is 0 Å². The van der Waals surface area contributed by atoms with Crippen molar-refractivity contribution in [1.29, 1.82) is 0 Å². The summed E-state index contributed by atoms with van der Waals surface area (Å²) < 4.78 is 17.4. The Balaban J connectivity index is 1.05. The van der Waals surface area contributed by atoms with Gasteiger partial charge in [0, 0.05) is 49.5 Å². The molecule has 12 aromatic rings. The molecule has 4 heterocycles. The standard InChI is InChI=1S/C48H28N2O2/c1-5-14-39-32(10-1)37-26-29(20-24-41(37)49(39)31-22-23-35-34-12-3-7-17-44(34)52-47(35)28-31)30-21-25-42-38(27-30)33-11-2-6-15-40(33)50(42)43-16-9-19-46-48(43)36-13-4-8-18-45(36)51-46/h1-28H. The van der Waals surface area contributed by atoms with Crippen LogP contribution in [0, 0.1) is 0 Å². The quantitative estimate of drug-likeness (QED) is 0.188. The molecule has 8 aromatic carbocycles. The molecule has 0 fully saturated rings. The average molecular weight is 665 g/mol. The summed E-state index contributed by atoms with van der Waals surface area (Å²) >= 11 is 0. The van der Waals surface area contributed by atoms with E-state index in [1.165, 1.54) is 54.7 Å². The maximum Gasteiger partial charge on any atom is 0.137 e. The van der Waals surface area contributed by atoms with Crippen molar-refractivity contribution in [3.8, 4) is 22.5 Å². The predicted octanol–water partition coefficient (Wildman–Crippen LogP) is 13.3. The predicted molar refractivity (Wildman–Crippen MR) is 215 cm³/mol. The zero-order chi connectivity index (χ0) is 33.9. The van der Waals surface area contributed by atoms with Crippen LogP contribution in [0.4, 0.5) is 0 Å². The number of aromatic nitrogens is 2. The molecular formula is C48H28N2O2. The molecule has 0 saturated heterocycles. The van der Waals surface area contributed by atoms with Crippen LogP contribution in [-0.2, 0) is 0 Å². The van der Waals surface area contributed by atoms with Gasteiger partial charge in [-0.05, 0) is 83.9 Å². The molecule has 0 bridgehead atoms. The molecule has 0 unspecified atom stereocenters. The van der Waals surface area contributed by atoms with Crippen molar-refractivity contribution in [3.63, 3.8) is 0 Å². The van der Waals surface area contributed by atoms with Crippen LogP contribution in [0.1, 0.15) is 0 Å². The highest BCUT2D eigenvalue weighted by atomic mass is 16.3. The first kappa shape index (κ1) is 27.7. The van der Waals surface area contributed by atoms with E-state index in [2.05, 4.69) is 155 Å². The molecule has 0 aliphatic heterocycles. The smallest absolute Gasteiger partial charge is 0.137 e. The van der Waals surface area contributed by atoms with Crippen LogP contribution in [0.2, 0.25) is 0 Å². The Labute approximate surface area is 296 Å². The van der Waals surface area contributed by atoms with E-state index in [1.807, 2.05) is 24.3 Å². The molecule has 12 rings (SSSR count). The monoisotopic (exact) mass is 664 g/mol. The van der Waals surface area contributed by atoms with Gasteiger partial charge in [0.15, 0.2) is 0 Å². The number of benzene rings is 8. The number of hydrogen-bond donors (Lipinski definition) is 0. The van der Waals surface area contributed by atoms with Crippen molar-refractivity contribution in [2.45, 2.75) is 0 Å². The van der Waals surface area contributed by atoms with Gasteiger partial charge >= 0.3 is 0 Å². The lowest BCUT2D eigenvalue weighted by atomic mass is 10.0. The molecule has 0 amide bonds. The highest BCUT2D eigenvalue weighted by Crippen LogP contribution is 2.41. The summed E-state index contributed by atoms with van der Waals surface area (Å²) in [4.78, 5) is 0. The summed E-state index contributed by atoms with van der Waals surface area (Å²) in [5.41, 5.74) is 12.9. The second-order valence-electron chi connectivity index (χ2n) is 13.7. The highest BCUT2D eigenvalue weighted by molar-refractivity contribution is 6.16. The molecule has 4 aromatic heterocycles. The SMILES string of the molecule is c1ccc2c(c1)oc1cc(-n3c4ccccc4c4cc(-c5ccc6c(c5)c5ccccc5n6-c5cccc6oc7ccccc7c56)ccc43)ccc12. The Morgan fingerprint density at radius 3 is 1.56 bits per heavy atom. The Morgan fingerprint density at radius 1 is 0.308 bits per heavy atom. The first-order valence-electron chi connectivity index (χ1n) is 17.7. The van der Waals surface area contributed by atoms with Gasteiger partial charge in [0.25, 0.3) is 0 Å². The van der Waals surface area contributed by atoms with Crippen LogP contribution < -0.4 is 0 Å². The molecule has 0 N–H and O–H groups in total. The van der Waals surface area contributed by atoms with Crippen molar-refractivity contribution in [3.05, 3.63) is 170 Å². The van der Waals surface area contributed by atoms with Gasteiger partial charge in [0.05, 0.1) is 33.1 Å². The third-order valence-corrected chi connectivity index (χ3v) is 10.9. The van der Waals surface area contributed by atoms with Crippen LogP contribution >= 0.6 is 0 Å². The molecule has 0 radical (unpaired) electrons. The fourth-order valence-corrected chi connectivity index (χ4v) is 8.64. The van der Waals surface area contributed by atoms with Crippen molar-refractivity contribution in [2.24, 2.45) is 0 Å². The minimum atomic E-state index is 0.894. The van der Waals surface area contributed by atoms with E-state index in [0.29, 0.717) is 0 Å². The summed E-state index contributed by atoms with van der Waals surface area (Å²) in [6.45, 7) is 0. The van der Waals surface area contributed by atoms with Crippen molar-refractivity contribution >= 4 is 87.5 Å². The van der Waals surface area contributed by atoms with Crippen LogP contribution in [-0.4, -0.2) is 9.13 Å². The van der Waals surface area contributed by atoms with Gasteiger partial charge in [-0.25, -0.2) is 0 Å². The molecule has 4 nitrogen and oxygen atoms in total. The van der Waals surface area contributed by atoms with Gasteiger partial charge in [-0.3, -0.25) is 0 Å². The van der Waals surface area contributed by atoms with E-state index in [4.69, 9.17) is 8.83 Å². The zero-order valence-corrected chi connectivity index (χ0v) is 27.9. The molecular weight excluding hydrogens is 637 g/mol. The van der Waals surface area contributed by atoms with Gasteiger partial charge in [-0.15, -0.1) is 0 Å². The van der Waals surface area contributed by atoms with Crippen LogP contribution in [0.3, 0.4) is 0 Å². The number of rotatable bonds is 3. The van der Waals surface area contributed by atoms with Crippen LogP contribution in [0.5, 0.6) is 0 Å². The van der Waals surface area contributed by atoms with Crippen molar-refractivity contribution in [1.82, 2.24) is 9.13 Å². The number of furan rings is 2. The molecule has 242 valence electrons. The first-order valence-corrected chi connectivity index (χ1v) is 17.7. The summed E-state index contributed by atoms with van der Waals surface area (Å²) in [5.74, 6) is 0. The Kier molecular flexibility index (Phi) is 5.47. The number of nitrogens with zero attached hydrogens (tertiary/aromatic N) is 2. The van der Waals surface area contributed by atoms with Gasteiger partial charge in [-0.2, -0.15) is 0 Å². The average Bonchev–Trinajstić information content (AvgIpc) is 3.94. The summed E-state index contributed by atoms with van der Waals surface area (Å²) in [5, 5.41) is 9.42. The topological polar surface area (TPSA) is 36.1 Å². The Bertz CT molecular complexity index is 3420. The van der Waals surface area contributed by atoms with E-state index >= 15 is 0 Å². The van der Waals surface area contributed by atoms with E-state index in [9.17, 15) is 0 Å². The molecule has 0 aliphatic rings. The second-order valence-corrected chi connectivity index (χ2v) is 13.7. The van der Waals surface area contributed by atoms with E-state index in [-0.39, 0.29) is 0 Å². The van der Waals surface area contributed by atoms with Gasteiger partial charge in [-0.1, -0.05) is 91.0 Å². The maximum absolute atomic E-state index is 6.30. The van der Waals surface area contributed by atoms with E-state index in [1.54, 1.807) is 0 Å². The summed E-state index contributed by atoms with van der Waals surface area (Å²) in [6.07, 6.45) is 0. The lowest BCUT2D eigenvalue weighted by molar-refractivity contribution is 0.668. The highest BCUT2D eigenvalue weighted by Gasteiger charge is 2.19. The molecule has 0 saturated carbocycles. The fraction of sp³-hybridized carbons (Fsp3) is 0. The van der Waals surface area contributed by atoms with Crippen molar-refractivity contribution < 1.29 is 8.83 Å². The first-order chi connectivity index (χ1) is 25.8. The van der Waals surface area contributed by atoms with Crippen LogP contribution in [0.25, 0.3) is 110 Å². The zero-order valence-electron chi connectivity index (χ0n) is 27.9. The fourth-order valence-electron chi connectivity index (χ4n) is 8.64. The molecule has 0 aliphatic carbocycles. The largest absolute Gasteiger partial charge is 0.456 e. The molecule has 0 atom stereocenters. The third kappa shape index (κ3) is 3.75. The number of para-hydroxylation sites is 4. The second kappa shape index (κ2) is 10.3. The molecule has 4 heteroatoms. The lowest BCUT2D eigenvalue weighted by Gasteiger charge is -2.10. The summed E-state index contributed by atoms with van der Waals surface area (Å²) in [7, 11) is 0. The normalized spacial score (nSPS) is 12.2. The third-order valence-electron chi connectivity index (χ3n) is 10.9.